The fourth-order valence-corrected chi connectivity index (χ4v) is 3.12. The van der Waals surface area contributed by atoms with Gasteiger partial charge in [0.05, 0.1) is 0 Å². The van der Waals surface area contributed by atoms with E-state index >= 15 is 0 Å². The van der Waals surface area contributed by atoms with Crippen LogP contribution in [0.4, 0.5) is 11.4 Å². The van der Waals surface area contributed by atoms with Crippen molar-refractivity contribution in [3.8, 4) is 0 Å². The number of hydrogen-bond donors (Lipinski definition) is 1. The Balaban J connectivity index is 2.04. The summed E-state index contributed by atoms with van der Waals surface area (Å²) in [6.07, 6.45) is 2.40. The van der Waals surface area contributed by atoms with Crippen molar-refractivity contribution < 1.29 is 0 Å². The third kappa shape index (κ3) is 2.32. The van der Waals surface area contributed by atoms with Crippen LogP contribution in [0.15, 0.2) is 36.4 Å². The summed E-state index contributed by atoms with van der Waals surface area (Å²) in [7, 11) is 0. The molecule has 1 aliphatic heterocycles. The van der Waals surface area contributed by atoms with E-state index in [1.807, 2.05) is 0 Å². The second-order valence-corrected chi connectivity index (χ2v) is 5.71. The van der Waals surface area contributed by atoms with E-state index in [4.69, 9.17) is 5.73 Å². The van der Waals surface area contributed by atoms with E-state index in [1.165, 1.54) is 46.5 Å². The molecule has 20 heavy (non-hydrogen) atoms. The molecule has 0 saturated carbocycles. The predicted octanol–water partition coefficient (Wildman–Crippen LogP) is 3.85. The lowest BCUT2D eigenvalue weighted by Gasteiger charge is -2.33. The molecule has 0 bridgehead atoms. The monoisotopic (exact) mass is 266 g/mol. The Labute approximate surface area is 121 Å². The zero-order chi connectivity index (χ0) is 14.1. The Hall–Kier alpha value is -1.80. The molecule has 1 aliphatic rings. The van der Waals surface area contributed by atoms with Gasteiger partial charge in [-0.25, -0.2) is 0 Å². The van der Waals surface area contributed by atoms with Crippen molar-refractivity contribution in [3.63, 3.8) is 0 Å². The van der Waals surface area contributed by atoms with Crippen LogP contribution in [0.1, 0.15) is 28.7 Å². The molecule has 104 valence electrons. The van der Waals surface area contributed by atoms with Crippen LogP contribution >= 0.6 is 0 Å². The first-order chi connectivity index (χ1) is 9.69. The van der Waals surface area contributed by atoms with E-state index in [0.717, 1.165) is 6.54 Å². The van der Waals surface area contributed by atoms with E-state index in [0.29, 0.717) is 6.54 Å². The maximum absolute atomic E-state index is 5.73. The number of nitrogens with zero attached hydrogens (tertiary/aromatic N) is 1. The smallest absolute Gasteiger partial charge is 0.0443 e. The first-order valence-corrected chi connectivity index (χ1v) is 7.35. The molecule has 0 saturated heterocycles. The largest absolute Gasteiger partial charge is 0.341 e. The third-order valence-corrected chi connectivity index (χ3v) is 4.14. The quantitative estimate of drug-likeness (QED) is 0.894. The zero-order valence-corrected chi connectivity index (χ0v) is 12.3. The van der Waals surface area contributed by atoms with Gasteiger partial charge in [-0.2, -0.15) is 0 Å². The topological polar surface area (TPSA) is 29.3 Å². The fraction of sp³-hybridized carbons (Fsp3) is 0.333. The van der Waals surface area contributed by atoms with Gasteiger partial charge in [0.25, 0.3) is 0 Å². The Morgan fingerprint density at radius 3 is 2.60 bits per heavy atom. The predicted molar refractivity (Wildman–Crippen MR) is 85.6 cm³/mol. The first-order valence-electron chi connectivity index (χ1n) is 7.35. The molecule has 0 spiro atoms. The Kier molecular flexibility index (Phi) is 3.49. The minimum absolute atomic E-state index is 0.608. The summed E-state index contributed by atoms with van der Waals surface area (Å²) in [4.78, 5) is 2.45. The molecule has 2 aromatic rings. The summed E-state index contributed by atoms with van der Waals surface area (Å²) in [5.41, 5.74) is 13.7. The van der Waals surface area contributed by atoms with Gasteiger partial charge in [0.15, 0.2) is 0 Å². The van der Waals surface area contributed by atoms with Gasteiger partial charge in [0, 0.05) is 24.5 Å². The van der Waals surface area contributed by atoms with Gasteiger partial charge in [-0.15, -0.1) is 0 Å². The molecule has 0 amide bonds. The van der Waals surface area contributed by atoms with E-state index in [1.54, 1.807) is 0 Å². The molecular formula is C18H22N2. The first kappa shape index (κ1) is 13.2. The van der Waals surface area contributed by atoms with E-state index in [-0.39, 0.29) is 0 Å². The highest BCUT2D eigenvalue weighted by Gasteiger charge is 2.19. The van der Waals surface area contributed by atoms with Gasteiger partial charge in [-0.1, -0.05) is 29.8 Å². The minimum Gasteiger partial charge on any atom is -0.341 e. The summed E-state index contributed by atoms with van der Waals surface area (Å²) < 4.78 is 0. The lowest BCUT2D eigenvalue weighted by atomic mass is 9.98. The van der Waals surface area contributed by atoms with Crippen molar-refractivity contribution in [2.75, 3.05) is 11.4 Å². The van der Waals surface area contributed by atoms with Crippen LogP contribution in [-0.2, 0) is 13.0 Å². The summed E-state index contributed by atoms with van der Waals surface area (Å²) in [6, 6.07) is 13.4. The fourth-order valence-electron chi connectivity index (χ4n) is 3.12. The SMILES string of the molecule is Cc1ccc2c(c1)CCCN2c1ccc(CN)cc1C. The summed E-state index contributed by atoms with van der Waals surface area (Å²) in [6.45, 7) is 6.05. The number of rotatable bonds is 2. The molecule has 0 fully saturated rings. The zero-order valence-electron chi connectivity index (χ0n) is 12.3. The third-order valence-electron chi connectivity index (χ3n) is 4.14. The van der Waals surface area contributed by atoms with Gasteiger partial charge in [0.2, 0.25) is 0 Å². The van der Waals surface area contributed by atoms with Gasteiger partial charge < -0.3 is 10.6 Å². The Bertz CT molecular complexity index is 631. The van der Waals surface area contributed by atoms with Crippen molar-refractivity contribution in [3.05, 3.63) is 58.7 Å². The average molecular weight is 266 g/mol. The van der Waals surface area contributed by atoms with Crippen LogP contribution in [-0.4, -0.2) is 6.54 Å². The number of fused-ring (bicyclic) bond motifs is 1. The molecule has 0 atom stereocenters. The maximum Gasteiger partial charge on any atom is 0.0443 e. The number of hydrogen-bond acceptors (Lipinski definition) is 2. The number of nitrogens with two attached hydrogens (primary N) is 1. The number of anilines is 2. The highest BCUT2D eigenvalue weighted by atomic mass is 15.1. The second-order valence-electron chi connectivity index (χ2n) is 5.71. The summed E-state index contributed by atoms with van der Waals surface area (Å²) in [5.74, 6) is 0. The molecule has 2 heteroatoms. The van der Waals surface area contributed by atoms with Gasteiger partial charge in [-0.3, -0.25) is 0 Å². The Morgan fingerprint density at radius 1 is 1.05 bits per heavy atom. The van der Waals surface area contributed by atoms with Crippen LogP contribution < -0.4 is 10.6 Å². The molecule has 0 radical (unpaired) electrons. The summed E-state index contributed by atoms with van der Waals surface area (Å²) >= 11 is 0. The van der Waals surface area contributed by atoms with Crippen molar-refractivity contribution >= 4 is 11.4 Å². The maximum atomic E-state index is 5.73. The highest BCUT2D eigenvalue weighted by Crippen LogP contribution is 2.35. The molecular weight excluding hydrogens is 244 g/mol. The molecule has 0 aromatic heterocycles. The molecule has 2 aromatic carbocycles. The van der Waals surface area contributed by atoms with Gasteiger partial charge in [-0.05, 0) is 55.5 Å². The molecule has 3 rings (SSSR count). The van der Waals surface area contributed by atoms with Crippen molar-refractivity contribution in [2.24, 2.45) is 5.73 Å². The number of aryl methyl sites for hydroxylation is 3. The second kappa shape index (κ2) is 5.29. The lowest BCUT2D eigenvalue weighted by Crippen LogP contribution is -2.25. The normalized spacial score (nSPS) is 14.2. The standard InChI is InChI=1S/C18H22N2/c1-13-5-7-18-16(10-13)4-3-9-20(18)17-8-6-15(12-19)11-14(17)2/h5-8,10-11H,3-4,9,12,19H2,1-2H3. The lowest BCUT2D eigenvalue weighted by molar-refractivity contribution is 0.764. The number of benzene rings is 2. The highest BCUT2D eigenvalue weighted by molar-refractivity contribution is 5.70. The molecule has 2 nitrogen and oxygen atoms in total. The molecule has 2 N–H and O–H groups in total. The van der Waals surface area contributed by atoms with Crippen LogP contribution in [0.25, 0.3) is 0 Å². The molecule has 1 heterocycles. The van der Waals surface area contributed by atoms with Crippen LogP contribution in [0.2, 0.25) is 0 Å². The Morgan fingerprint density at radius 2 is 1.85 bits per heavy atom. The van der Waals surface area contributed by atoms with Crippen LogP contribution in [0.5, 0.6) is 0 Å². The van der Waals surface area contributed by atoms with Crippen molar-refractivity contribution in [2.45, 2.75) is 33.2 Å². The van der Waals surface area contributed by atoms with E-state index in [9.17, 15) is 0 Å². The van der Waals surface area contributed by atoms with Gasteiger partial charge in [0.1, 0.15) is 0 Å². The molecule has 0 unspecified atom stereocenters. The average Bonchev–Trinajstić information content (AvgIpc) is 2.46. The van der Waals surface area contributed by atoms with Crippen LogP contribution in [0.3, 0.4) is 0 Å². The van der Waals surface area contributed by atoms with E-state index in [2.05, 4.69) is 55.1 Å². The summed E-state index contributed by atoms with van der Waals surface area (Å²) in [5, 5.41) is 0. The van der Waals surface area contributed by atoms with Crippen molar-refractivity contribution in [1.29, 1.82) is 0 Å². The van der Waals surface area contributed by atoms with Crippen molar-refractivity contribution in [1.82, 2.24) is 0 Å². The molecule has 0 aliphatic carbocycles. The minimum atomic E-state index is 0.608. The van der Waals surface area contributed by atoms with E-state index < -0.39 is 0 Å². The van der Waals surface area contributed by atoms with Gasteiger partial charge >= 0.3 is 0 Å². The van der Waals surface area contributed by atoms with Crippen LogP contribution in [0, 0.1) is 13.8 Å².